The third-order valence-corrected chi connectivity index (χ3v) is 6.38. The Morgan fingerprint density at radius 2 is 1.34 bits per heavy atom. The van der Waals surface area contributed by atoms with Crippen molar-refractivity contribution < 1.29 is 9.90 Å². The Balaban J connectivity index is 2.22. The van der Waals surface area contributed by atoms with E-state index in [1.807, 2.05) is 32.0 Å². The largest absolute Gasteiger partial charge is 0.393 e. The van der Waals surface area contributed by atoms with Crippen LogP contribution in [0.2, 0.25) is 0 Å². The van der Waals surface area contributed by atoms with Crippen molar-refractivity contribution in [3.63, 3.8) is 0 Å². The lowest BCUT2D eigenvalue weighted by Crippen LogP contribution is -2.37. The van der Waals surface area contributed by atoms with Crippen LogP contribution >= 0.6 is 0 Å². The Hall–Kier alpha value is -1.35. The van der Waals surface area contributed by atoms with Gasteiger partial charge in [-0.15, -0.1) is 0 Å². The summed E-state index contributed by atoms with van der Waals surface area (Å²) in [5.74, 6) is -0.0522. The van der Waals surface area contributed by atoms with Crippen LogP contribution in [0.5, 0.6) is 0 Å². The van der Waals surface area contributed by atoms with Crippen molar-refractivity contribution in [2.75, 3.05) is 0 Å². The fraction of sp³-hybridized carbons (Fsp3) is 0.731. The molecule has 3 heteroatoms. The van der Waals surface area contributed by atoms with E-state index in [1.54, 1.807) is 0 Å². The second kappa shape index (κ2) is 14.6. The number of primary amides is 1. The smallest absolute Gasteiger partial charge is 0.223 e. The van der Waals surface area contributed by atoms with Crippen LogP contribution in [0.1, 0.15) is 116 Å². The molecule has 0 spiro atoms. The molecule has 0 heterocycles. The average molecular weight is 404 g/mol. The first-order valence-corrected chi connectivity index (χ1v) is 11.9. The maximum Gasteiger partial charge on any atom is 0.223 e. The fourth-order valence-corrected chi connectivity index (χ4v) is 4.19. The van der Waals surface area contributed by atoms with Gasteiger partial charge in [-0.3, -0.25) is 4.79 Å². The maximum atomic E-state index is 12.0. The number of aliphatic hydroxyl groups excluding tert-OH is 1. The van der Waals surface area contributed by atoms with Crippen molar-refractivity contribution in [3.8, 4) is 0 Å². The number of nitrogens with two attached hydrogens (primary N) is 1. The molecule has 2 unspecified atom stereocenters. The molecular weight excluding hydrogens is 358 g/mol. The van der Waals surface area contributed by atoms with Gasteiger partial charge in [0.05, 0.1) is 11.5 Å². The molecule has 1 aromatic carbocycles. The van der Waals surface area contributed by atoms with Crippen molar-refractivity contribution in [1.29, 1.82) is 0 Å². The summed E-state index contributed by atoms with van der Waals surface area (Å²) >= 11 is 0. The maximum absolute atomic E-state index is 12.0. The zero-order chi connectivity index (χ0) is 21.5. The minimum Gasteiger partial charge on any atom is -0.393 e. The Morgan fingerprint density at radius 1 is 0.862 bits per heavy atom. The highest BCUT2D eigenvalue weighted by molar-refractivity contribution is 5.81. The lowest BCUT2D eigenvalue weighted by atomic mass is 9.72. The predicted octanol–water partition coefficient (Wildman–Crippen LogP) is 6.73. The van der Waals surface area contributed by atoms with Gasteiger partial charge in [-0.2, -0.15) is 0 Å². The van der Waals surface area contributed by atoms with Gasteiger partial charge in [-0.25, -0.2) is 0 Å². The first kappa shape index (κ1) is 25.7. The van der Waals surface area contributed by atoms with Gasteiger partial charge in [0.1, 0.15) is 0 Å². The van der Waals surface area contributed by atoms with Crippen LogP contribution < -0.4 is 5.73 Å². The highest BCUT2D eigenvalue weighted by atomic mass is 16.3. The quantitative estimate of drug-likeness (QED) is 0.283. The summed E-state index contributed by atoms with van der Waals surface area (Å²) in [5.41, 5.74) is 6.38. The first-order valence-electron chi connectivity index (χ1n) is 11.9. The summed E-state index contributed by atoms with van der Waals surface area (Å²) in [4.78, 5) is 12.0. The summed E-state index contributed by atoms with van der Waals surface area (Å²) in [6, 6.07) is 10.3. The summed E-state index contributed by atoms with van der Waals surface area (Å²) in [6.07, 6.45) is 14.9. The average Bonchev–Trinajstić information content (AvgIpc) is 2.70. The molecule has 1 amide bonds. The number of hydrogen-bond donors (Lipinski definition) is 2. The molecule has 1 aromatic rings. The third-order valence-electron chi connectivity index (χ3n) is 6.38. The van der Waals surface area contributed by atoms with Crippen molar-refractivity contribution in [2.45, 2.75) is 116 Å². The number of aliphatic hydroxyl groups is 1. The van der Waals surface area contributed by atoms with Gasteiger partial charge in [0.15, 0.2) is 0 Å². The number of unbranched alkanes of at least 4 members (excludes halogenated alkanes) is 8. The van der Waals surface area contributed by atoms with Crippen molar-refractivity contribution in [3.05, 3.63) is 35.9 Å². The molecule has 0 aromatic heterocycles. The van der Waals surface area contributed by atoms with E-state index >= 15 is 0 Å². The molecule has 2 atom stereocenters. The number of rotatable bonds is 17. The number of carbonyl (C=O) groups excluding carboxylic acids is 1. The summed E-state index contributed by atoms with van der Waals surface area (Å²) in [6.45, 7) is 6.16. The molecule has 1 rings (SSSR count). The summed E-state index contributed by atoms with van der Waals surface area (Å²) < 4.78 is 0. The van der Waals surface area contributed by atoms with E-state index in [9.17, 15) is 9.90 Å². The molecule has 0 aliphatic rings. The van der Waals surface area contributed by atoms with E-state index in [1.165, 1.54) is 56.9 Å². The van der Waals surface area contributed by atoms with Crippen LogP contribution in [-0.4, -0.2) is 17.1 Å². The second-order valence-corrected chi connectivity index (χ2v) is 9.25. The minimum atomic E-state index is -0.533. The second-order valence-electron chi connectivity index (χ2n) is 9.25. The van der Waals surface area contributed by atoms with Crippen LogP contribution in [-0.2, 0) is 4.79 Å². The number of amides is 1. The van der Waals surface area contributed by atoms with Crippen molar-refractivity contribution in [1.82, 2.24) is 0 Å². The topological polar surface area (TPSA) is 63.3 Å². The molecule has 0 aliphatic heterocycles. The van der Waals surface area contributed by atoms with Crippen LogP contribution in [0.3, 0.4) is 0 Å². The van der Waals surface area contributed by atoms with Gasteiger partial charge in [0.2, 0.25) is 5.91 Å². The van der Waals surface area contributed by atoms with Gasteiger partial charge >= 0.3 is 0 Å². The van der Waals surface area contributed by atoms with E-state index < -0.39 is 5.41 Å². The van der Waals surface area contributed by atoms with Gasteiger partial charge in [0, 0.05) is 0 Å². The summed E-state index contributed by atoms with van der Waals surface area (Å²) in [5, 5.41) is 10.0. The van der Waals surface area contributed by atoms with Crippen molar-refractivity contribution in [2.24, 2.45) is 11.1 Å². The molecule has 0 saturated heterocycles. The zero-order valence-corrected chi connectivity index (χ0v) is 19.2. The zero-order valence-electron chi connectivity index (χ0n) is 19.2. The third kappa shape index (κ3) is 10.3. The molecule has 3 N–H and O–H groups in total. The normalized spacial score (nSPS) is 13.9. The minimum absolute atomic E-state index is 0.102. The SMILES string of the molecule is CCCCCCC(O)CCCCCCCCC(c1ccccc1)C(C)(C)C(N)=O. The molecule has 29 heavy (non-hydrogen) atoms. The Bertz CT molecular complexity index is 541. The monoisotopic (exact) mass is 403 g/mol. The Morgan fingerprint density at radius 3 is 1.86 bits per heavy atom. The standard InChI is InChI=1S/C26H45NO2/c1-4-5-6-14-19-23(28)20-15-9-7-8-10-16-21-24(26(2,3)25(27)29)22-17-12-11-13-18-22/h11-13,17-18,23-24,28H,4-10,14-16,19-21H2,1-3H3,(H2,27,29). The van der Waals surface area contributed by atoms with E-state index in [2.05, 4.69) is 19.1 Å². The molecule has 0 saturated carbocycles. The molecule has 3 nitrogen and oxygen atoms in total. The molecular formula is C26H45NO2. The number of hydrogen-bond acceptors (Lipinski definition) is 2. The van der Waals surface area contributed by atoms with Crippen LogP contribution in [0.4, 0.5) is 0 Å². The van der Waals surface area contributed by atoms with E-state index in [4.69, 9.17) is 5.73 Å². The fourth-order valence-electron chi connectivity index (χ4n) is 4.19. The highest BCUT2D eigenvalue weighted by Crippen LogP contribution is 2.39. The molecule has 166 valence electrons. The Kier molecular flexibility index (Phi) is 12.9. The van der Waals surface area contributed by atoms with Gasteiger partial charge in [0.25, 0.3) is 0 Å². The van der Waals surface area contributed by atoms with Crippen molar-refractivity contribution >= 4 is 5.91 Å². The Labute approximate surface area is 179 Å². The van der Waals surface area contributed by atoms with Crippen LogP contribution in [0, 0.1) is 5.41 Å². The van der Waals surface area contributed by atoms with Gasteiger partial charge < -0.3 is 10.8 Å². The van der Waals surface area contributed by atoms with E-state index in [-0.39, 0.29) is 17.9 Å². The lowest BCUT2D eigenvalue weighted by Gasteiger charge is -2.32. The van der Waals surface area contributed by atoms with E-state index in [0.29, 0.717) is 0 Å². The lowest BCUT2D eigenvalue weighted by molar-refractivity contribution is -0.127. The molecule has 0 fully saturated rings. The first-order chi connectivity index (χ1) is 13.9. The van der Waals surface area contributed by atoms with Gasteiger partial charge in [-0.1, -0.05) is 115 Å². The molecule has 0 radical (unpaired) electrons. The van der Waals surface area contributed by atoms with Gasteiger partial charge in [-0.05, 0) is 30.7 Å². The number of carbonyl (C=O) groups is 1. The molecule has 0 bridgehead atoms. The predicted molar refractivity (Wildman–Crippen MR) is 124 cm³/mol. The summed E-state index contributed by atoms with van der Waals surface area (Å²) in [7, 11) is 0. The van der Waals surface area contributed by atoms with E-state index in [0.717, 1.165) is 32.1 Å². The van der Waals surface area contributed by atoms with Crippen LogP contribution in [0.15, 0.2) is 30.3 Å². The highest BCUT2D eigenvalue weighted by Gasteiger charge is 2.35. The number of benzene rings is 1. The molecule has 0 aliphatic carbocycles. The van der Waals surface area contributed by atoms with Crippen LogP contribution in [0.25, 0.3) is 0 Å².